The number of thiophene rings is 1. The molecular formula is C15H15Br2NOS. The van der Waals surface area contributed by atoms with Crippen molar-refractivity contribution in [2.45, 2.75) is 25.5 Å². The van der Waals surface area contributed by atoms with E-state index in [1.165, 1.54) is 19.8 Å². The van der Waals surface area contributed by atoms with Crippen LogP contribution in [0, 0.1) is 6.92 Å². The Labute approximate surface area is 139 Å². The summed E-state index contributed by atoms with van der Waals surface area (Å²) < 4.78 is 8.44. The highest BCUT2D eigenvalue weighted by Gasteiger charge is 2.29. The molecule has 0 bridgehead atoms. The molecule has 0 radical (unpaired) electrons. The molecule has 1 aliphatic rings. The van der Waals surface area contributed by atoms with Crippen LogP contribution in [-0.2, 0) is 0 Å². The summed E-state index contributed by atoms with van der Waals surface area (Å²) >= 11 is 8.91. The van der Waals surface area contributed by atoms with Gasteiger partial charge in [0, 0.05) is 36.7 Å². The van der Waals surface area contributed by atoms with E-state index < -0.39 is 0 Å². The van der Waals surface area contributed by atoms with Crippen LogP contribution in [0.1, 0.15) is 33.9 Å². The topological polar surface area (TPSA) is 21.3 Å². The lowest BCUT2D eigenvalue weighted by Gasteiger charge is -2.31. The minimum absolute atomic E-state index is 0.115. The van der Waals surface area contributed by atoms with Gasteiger partial charge in [0.05, 0.1) is 0 Å². The number of aryl methyl sites for hydroxylation is 1. The van der Waals surface area contributed by atoms with Gasteiger partial charge < -0.3 is 10.1 Å². The minimum atomic E-state index is 0.115. The molecule has 3 rings (SSSR count). The van der Waals surface area contributed by atoms with E-state index >= 15 is 0 Å². The van der Waals surface area contributed by atoms with Crippen molar-refractivity contribution in [1.29, 1.82) is 0 Å². The smallest absolute Gasteiger partial charge is 0.135 e. The Morgan fingerprint density at radius 1 is 1.30 bits per heavy atom. The fourth-order valence-corrected chi connectivity index (χ4v) is 4.47. The molecule has 106 valence electrons. The first kappa shape index (κ1) is 14.6. The van der Waals surface area contributed by atoms with Crippen molar-refractivity contribution >= 4 is 43.2 Å². The highest BCUT2D eigenvalue weighted by Crippen LogP contribution is 2.44. The van der Waals surface area contributed by atoms with Gasteiger partial charge in [-0.3, -0.25) is 0 Å². The van der Waals surface area contributed by atoms with Crippen LogP contribution < -0.4 is 10.1 Å². The molecule has 2 nitrogen and oxygen atoms in total. The van der Waals surface area contributed by atoms with Crippen LogP contribution >= 0.6 is 43.2 Å². The van der Waals surface area contributed by atoms with Crippen molar-refractivity contribution in [3.05, 3.63) is 48.5 Å². The summed E-state index contributed by atoms with van der Waals surface area (Å²) in [5.74, 6) is 0.970. The number of hydrogen-bond donors (Lipinski definition) is 1. The van der Waals surface area contributed by atoms with E-state index in [4.69, 9.17) is 4.74 Å². The molecule has 1 N–H and O–H groups in total. The first-order valence-electron chi connectivity index (χ1n) is 6.47. The van der Waals surface area contributed by atoms with Crippen LogP contribution in [0.2, 0.25) is 0 Å². The molecule has 1 aromatic carbocycles. The number of nitrogens with one attached hydrogen (secondary N) is 1. The molecule has 2 aromatic rings. The van der Waals surface area contributed by atoms with Crippen LogP contribution in [-0.4, -0.2) is 7.05 Å². The summed E-state index contributed by atoms with van der Waals surface area (Å²) in [7, 11) is 2.01. The molecule has 5 heteroatoms. The summed E-state index contributed by atoms with van der Waals surface area (Å²) in [5.41, 5.74) is 1.24. The van der Waals surface area contributed by atoms with Gasteiger partial charge in [-0.25, -0.2) is 0 Å². The molecule has 0 saturated carbocycles. The van der Waals surface area contributed by atoms with Crippen molar-refractivity contribution in [2.24, 2.45) is 0 Å². The van der Waals surface area contributed by atoms with Gasteiger partial charge in [-0.15, -0.1) is 11.3 Å². The summed E-state index contributed by atoms with van der Waals surface area (Å²) in [4.78, 5) is 2.57. The molecule has 20 heavy (non-hydrogen) atoms. The van der Waals surface area contributed by atoms with Gasteiger partial charge in [-0.05, 0) is 48.1 Å². The second-order valence-corrected chi connectivity index (χ2v) is 7.98. The van der Waals surface area contributed by atoms with Crippen LogP contribution in [0.25, 0.3) is 0 Å². The lowest BCUT2D eigenvalue weighted by molar-refractivity contribution is 0.157. The van der Waals surface area contributed by atoms with Crippen molar-refractivity contribution in [2.75, 3.05) is 7.05 Å². The first-order valence-corrected chi connectivity index (χ1v) is 8.88. The molecule has 0 aliphatic carbocycles. The molecule has 1 aromatic heterocycles. The van der Waals surface area contributed by atoms with Crippen LogP contribution in [0.4, 0.5) is 0 Å². The number of hydrogen-bond acceptors (Lipinski definition) is 3. The Bertz CT molecular complexity index is 621. The van der Waals surface area contributed by atoms with E-state index in [-0.39, 0.29) is 6.10 Å². The fourth-order valence-electron chi connectivity index (χ4n) is 2.53. The zero-order valence-corrected chi connectivity index (χ0v) is 15.2. The Morgan fingerprint density at radius 3 is 2.75 bits per heavy atom. The summed E-state index contributed by atoms with van der Waals surface area (Å²) in [5, 5.41) is 3.40. The summed E-state index contributed by atoms with van der Waals surface area (Å²) in [6, 6.07) is 8.77. The lowest BCUT2D eigenvalue weighted by atomic mass is 9.96. The number of rotatable bonds is 2. The monoisotopic (exact) mass is 415 g/mol. The second kappa shape index (κ2) is 5.79. The van der Waals surface area contributed by atoms with Gasteiger partial charge in [-0.2, -0.15) is 0 Å². The third-order valence-electron chi connectivity index (χ3n) is 3.61. The Balaban J connectivity index is 1.97. The van der Waals surface area contributed by atoms with Crippen molar-refractivity contribution in [3.63, 3.8) is 0 Å². The quantitative estimate of drug-likeness (QED) is 0.710. The molecular weight excluding hydrogens is 402 g/mol. The Kier molecular flexibility index (Phi) is 4.22. The third kappa shape index (κ3) is 2.69. The normalized spacial score (nSPS) is 21.4. The number of benzene rings is 1. The average molecular weight is 417 g/mol. The molecule has 2 heterocycles. The maximum absolute atomic E-state index is 6.22. The maximum Gasteiger partial charge on any atom is 0.135 e. The van der Waals surface area contributed by atoms with Crippen molar-refractivity contribution in [3.8, 4) is 5.75 Å². The molecule has 2 unspecified atom stereocenters. The minimum Gasteiger partial charge on any atom is -0.484 e. The van der Waals surface area contributed by atoms with Gasteiger partial charge in [0.15, 0.2) is 0 Å². The molecule has 0 fully saturated rings. The Morgan fingerprint density at radius 2 is 2.10 bits per heavy atom. The number of ether oxygens (including phenoxy) is 1. The summed E-state index contributed by atoms with van der Waals surface area (Å²) in [6.07, 6.45) is 1.07. The van der Waals surface area contributed by atoms with Gasteiger partial charge in [0.1, 0.15) is 11.9 Å². The number of halogens is 2. The van der Waals surface area contributed by atoms with Crippen LogP contribution in [0.15, 0.2) is 33.2 Å². The number of fused-ring (bicyclic) bond motifs is 1. The molecule has 0 saturated heterocycles. The van der Waals surface area contributed by atoms with E-state index in [1.807, 2.05) is 7.05 Å². The molecule has 1 aliphatic heterocycles. The van der Waals surface area contributed by atoms with Gasteiger partial charge in [-0.1, -0.05) is 22.0 Å². The predicted molar refractivity (Wildman–Crippen MR) is 90.7 cm³/mol. The van der Waals surface area contributed by atoms with Crippen LogP contribution in [0.5, 0.6) is 5.75 Å². The van der Waals surface area contributed by atoms with Gasteiger partial charge >= 0.3 is 0 Å². The highest BCUT2D eigenvalue weighted by atomic mass is 79.9. The standard InChI is InChI=1S/C15H15Br2NOS/c1-8-11(17)6-15(20-8)14-7-12(18-2)10-4-3-9(16)5-13(10)19-14/h3-6,12,14,18H,7H2,1-2H3. The van der Waals surface area contributed by atoms with E-state index in [1.54, 1.807) is 11.3 Å². The van der Waals surface area contributed by atoms with E-state index in [0.29, 0.717) is 6.04 Å². The summed E-state index contributed by atoms with van der Waals surface area (Å²) in [6.45, 7) is 2.13. The van der Waals surface area contributed by atoms with E-state index in [0.717, 1.165) is 16.6 Å². The zero-order chi connectivity index (χ0) is 14.3. The van der Waals surface area contributed by atoms with Gasteiger partial charge in [0.2, 0.25) is 0 Å². The van der Waals surface area contributed by atoms with Crippen molar-refractivity contribution in [1.82, 2.24) is 5.32 Å². The average Bonchev–Trinajstić information content (AvgIpc) is 2.77. The van der Waals surface area contributed by atoms with Crippen LogP contribution in [0.3, 0.4) is 0 Å². The second-order valence-electron chi connectivity index (χ2n) is 4.92. The molecule has 0 spiro atoms. The predicted octanol–water partition coefficient (Wildman–Crippen LogP) is 5.37. The highest BCUT2D eigenvalue weighted by molar-refractivity contribution is 9.10. The lowest BCUT2D eigenvalue weighted by Crippen LogP contribution is -2.26. The largest absolute Gasteiger partial charge is 0.484 e. The van der Waals surface area contributed by atoms with Gasteiger partial charge in [0.25, 0.3) is 0 Å². The molecule has 2 atom stereocenters. The first-order chi connectivity index (χ1) is 9.58. The zero-order valence-electron chi connectivity index (χ0n) is 11.2. The molecule has 0 amide bonds. The van der Waals surface area contributed by atoms with Crippen molar-refractivity contribution < 1.29 is 4.74 Å². The maximum atomic E-state index is 6.22. The Hall–Kier alpha value is -0.360. The SMILES string of the molecule is CNC1CC(c2cc(Br)c(C)s2)Oc2cc(Br)ccc21. The fraction of sp³-hybridized carbons (Fsp3) is 0.333. The third-order valence-corrected chi connectivity index (χ3v) is 6.33. The van der Waals surface area contributed by atoms with E-state index in [9.17, 15) is 0 Å². The van der Waals surface area contributed by atoms with E-state index in [2.05, 4.69) is 68.4 Å².